The highest BCUT2D eigenvalue weighted by molar-refractivity contribution is 5.90. The van der Waals surface area contributed by atoms with Crippen molar-refractivity contribution in [2.45, 2.75) is 18.6 Å². The molecule has 2 aromatic heterocycles. The Kier molecular flexibility index (Phi) is 4.92. The number of ether oxygens (including phenoxy) is 3. The van der Waals surface area contributed by atoms with Gasteiger partial charge in [0, 0.05) is 36.9 Å². The van der Waals surface area contributed by atoms with Gasteiger partial charge in [-0.15, -0.1) is 10.2 Å². The molecule has 9 heteroatoms. The Morgan fingerprint density at radius 1 is 0.879 bits per heavy atom. The molecule has 2 saturated heterocycles. The van der Waals surface area contributed by atoms with E-state index in [0.29, 0.717) is 24.9 Å². The van der Waals surface area contributed by atoms with Gasteiger partial charge in [-0.2, -0.15) is 0 Å². The first kappa shape index (κ1) is 20.1. The van der Waals surface area contributed by atoms with Crippen LogP contribution in [0.1, 0.15) is 12.8 Å². The Balaban J connectivity index is 1.34. The average molecular weight is 445 g/mol. The van der Waals surface area contributed by atoms with E-state index in [1.54, 1.807) is 7.11 Å². The molecule has 0 atom stereocenters. The average Bonchev–Trinajstić information content (AvgIpc) is 3.55. The van der Waals surface area contributed by atoms with E-state index in [-0.39, 0.29) is 5.89 Å². The summed E-state index contributed by atoms with van der Waals surface area (Å²) in [7, 11) is 1.63. The van der Waals surface area contributed by atoms with Gasteiger partial charge in [0.25, 0.3) is 5.89 Å². The molecule has 2 aromatic carbocycles. The number of methoxy groups -OCH3 is 1. The normalized spacial score (nSPS) is 17.7. The van der Waals surface area contributed by atoms with Crippen LogP contribution in [0, 0.1) is 0 Å². The summed E-state index contributed by atoms with van der Waals surface area (Å²) < 4.78 is 22.9. The summed E-state index contributed by atoms with van der Waals surface area (Å²) in [6.07, 6.45) is 1.59. The minimum atomic E-state index is -0.443. The molecule has 0 amide bonds. The van der Waals surface area contributed by atoms with Crippen LogP contribution >= 0.6 is 0 Å². The lowest BCUT2D eigenvalue weighted by Gasteiger charge is -2.38. The van der Waals surface area contributed by atoms with E-state index in [2.05, 4.69) is 15.1 Å². The predicted octanol–water partition coefficient (Wildman–Crippen LogP) is 3.70. The second-order valence-electron chi connectivity index (χ2n) is 8.12. The van der Waals surface area contributed by atoms with E-state index >= 15 is 0 Å². The lowest BCUT2D eigenvalue weighted by Crippen LogP contribution is -2.45. The Hall–Kier alpha value is -3.56. The fourth-order valence-corrected chi connectivity index (χ4v) is 4.41. The highest BCUT2D eigenvalue weighted by Gasteiger charge is 2.40. The fraction of sp³-hybridized carbons (Fsp3) is 0.333. The molecular formula is C24H23N5O4. The Labute approximate surface area is 190 Å². The van der Waals surface area contributed by atoms with E-state index in [1.165, 1.54) is 0 Å². The first-order chi connectivity index (χ1) is 16.2. The molecule has 33 heavy (non-hydrogen) atoms. The molecule has 0 unspecified atom stereocenters. The quantitative estimate of drug-likeness (QED) is 0.466. The summed E-state index contributed by atoms with van der Waals surface area (Å²) in [4.78, 5) is 11.8. The number of piperidine rings is 1. The zero-order valence-electron chi connectivity index (χ0n) is 18.2. The molecule has 9 nitrogen and oxygen atoms in total. The van der Waals surface area contributed by atoms with E-state index in [0.717, 1.165) is 54.0 Å². The van der Waals surface area contributed by atoms with Crippen molar-refractivity contribution in [2.24, 2.45) is 0 Å². The number of nitrogens with zero attached hydrogens (tertiary/aromatic N) is 5. The number of rotatable bonds is 4. The van der Waals surface area contributed by atoms with Gasteiger partial charge >= 0.3 is 0 Å². The molecule has 1 spiro atoms. The second-order valence-corrected chi connectivity index (χ2v) is 8.12. The molecule has 168 valence electrons. The van der Waals surface area contributed by atoms with E-state index in [9.17, 15) is 0 Å². The number of anilines is 1. The van der Waals surface area contributed by atoms with Crippen LogP contribution in [0.3, 0.4) is 0 Å². The molecule has 0 N–H and O–H groups in total. The molecule has 4 aromatic rings. The van der Waals surface area contributed by atoms with Gasteiger partial charge in [0.2, 0.25) is 11.7 Å². The molecule has 6 rings (SSSR count). The first-order valence-electron chi connectivity index (χ1n) is 11.0. The van der Waals surface area contributed by atoms with Gasteiger partial charge in [0.15, 0.2) is 5.79 Å². The van der Waals surface area contributed by atoms with Crippen molar-refractivity contribution in [1.29, 1.82) is 0 Å². The summed E-state index contributed by atoms with van der Waals surface area (Å²) in [6.45, 7) is 2.88. The maximum Gasteiger partial charge on any atom is 0.286 e. The minimum absolute atomic E-state index is 0.281. The van der Waals surface area contributed by atoms with Crippen molar-refractivity contribution in [3.8, 4) is 28.9 Å². The predicted molar refractivity (Wildman–Crippen MR) is 121 cm³/mol. The number of benzene rings is 2. The summed E-state index contributed by atoms with van der Waals surface area (Å²) in [5.41, 5.74) is 1.63. The van der Waals surface area contributed by atoms with Crippen LogP contribution in [0.4, 0.5) is 5.82 Å². The lowest BCUT2D eigenvalue weighted by atomic mass is 10.0. The number of para-hydroxylation sites is 1. The topological polar surface area (TPSA) is 95.6 Å². The van der Waals surface area contributed by atoms with Crippen molar-refractivity contribution in [2.75, 3.05) is 38.3 Å². The monoisotopic (exact) mass is 445 g/mol. The van der Waals surface area contributed by atoms with Gasteiger partial charge < -0.3 is 23.5 Å². The maximum absolute atomic E-state index is 5.95. The van der Waals surface area contributed by atoms with Gasteiger partial charge in [-0.1, -0.05) is 12.1 Å². The lowest BCUT2D eigenvalue weighted by molar-refractivity contribution is -0.169. The smallest absolute Gasteiger partial charge is 0.286 e. The van der Waals surface area contributed by atoms with Crippen LogP contribution in [-0.2, 0) is 9.47 Å². The highest BCUT2D eigenvalue weighted by atomic mass is 16.7. The highest BCUT2D eigenvalue weighted by Crippen LogP contribution is 2.35. The summed E-state index contributed by atoms with van der Waals surface area (Å²) in [5.74, 6) is 2.27. The third-order valence-corrected chi connectivity index (χ3v) is 6.17. The Morgan fingerprint density at radius 3 is 2.36 bits per heavy atom. The number of fused-ring (bicyclic) bond motifs is 1. The van der Waals surface area contributed by atoms with E-state index < -0.39 is 5.79 Å². The fourth-order valence-electron chi connectivity index (χ4n) is 4.41. The van der Waals surface area contributed by atoms with Crippen LogP contribution in [0.25, 0.3) is 34.1 Å². The van der Waals surface area contributed by atoms with Crippen LogP contribution < -0.4 is 9.64 Å². The molecule has 2 aliphatic rings. The van der Waals surface area contributed by atoms with Gasteiger partial charge in [0.05, 0.1) is 25.8 Å². The first-order valence-corrected chi connectivity index (χ1v) is 11.0. The Morgan fingerprint density at radius 2 is 1.61 bits per heavy atom. The van der Waals surface area contributed by atoms with Gasteiger partial charge in [-0.05, 0) is 36.4 Å². The zero-order chi connectivity index (χ0) is 22.3. The maximum atomic E-state index is 5.95. The van der Waals surface area contributed by atoms with Gasteiger partial charge in [-0.3, -0.25) is 0 Å². The summed E-state index contributed by atoms with van der Waals surface area (Å²) in [6, 6.07) is 15.4. The third kappa shape index (κ3) is 3.69. The largest absolute Gasteiger partial charge is 0.497 e. The standard InChI is InChI=1S/C24H23N5O4/c1-30-17-8-6-16(7-9-17)22-27-28-23(33-22)20-25-19-5-3-2-4-18(19)21(26-20)29-12-10-24(11-13-29)31-14-15-32-24/h2-9H,10-15H2,1H3. The van der Waals surface area contributed by atoms with Crippen molar-refractivity contribution in [1.82, 2.24) is 20.2 Å². The third-order valence-electron chi connectivity index (χ3n) is 6.17. The number of hydrogen-bond acceptors (Lipinski definition) is 9. The van der Waals surface area contributed by atoms with Crippen molar-refractivity contribution in [3.63, 3.8) is 0 Å². The van der Waals surface area contributed by atoms with Crippen LogP contribution in [-0.4, -0.2) is 59.4 Å². The molecule has 0 aliphatic carbocycles. The van der Waals surface area contributed by atoms with Crippen LogP contribution in [0.15, 0.2) is 52.9 Å². The Bertz CT molecular complexity index is 1270. The molecule has 0 radical (unpaired) electrons. The molecule has 4 heterocycles. The van der Waals surface area contributed by atoms with Crippen molar-refractivity contribution < 1.29 is 18.6 Å². The number of aromatic nitrogens is 4. The van der Waals surface area contributed by atoms with Crippen molar-refractivity contribution in [3.05, 3.63) is 48.5 Å². The molecular weight excluding hydrogens is 422 g/mol. The number of hydrogen-bond donors (Lipinski definition) is 0. The molecule has 2 fully saturated rings. The molecule has 2 aliphatic heterocycles. The molecule has 0 bridgehead atoms. The SMILES string of the molecule is COc1ccc(-c2nnc(-c3nc(N4CCC5(CC4)OCCO5)c4ccccc4n3)o2)cc1. The summed E-state index contributed by atoms with van der Waals surface area (Å²) in [5, 5.41) is 9.42. The second kappa shape index (κ2) is 8.09. The van der Waals surface area contributed by atoms with Gasteiger partial charge in [-0.25, -0.2) is 9.97 Å². The molecule has 0 saturated carbocycles. The van der Waals surface area contributed by atoms with Crippen molar-refractivity contribution >= 4 is 16.7 Å². The zero-order valence-corrected chi connectivity index (χ0v) is 18.2. The van der Waals surface area contributed by atoms with E-state index in [1.807, 2.05) is 48.5 Å². The minimum Gasteiger partial charge on any atom is -0.497 e. The summed E-state index contributed by atoms with van der Waals surface area (Å²) >= 11 is 0. The van der Waals surface area contributed by atoms with Crippen LogP contribution in [0.5, 0.6) is 5.75 Å². The van der Waals surface area contributed by atoms with Gasteiger partial charge in [0.1, 0.15) is 11.6 Å². The van der Waals surface area contributed by atoms with Crippen LogP contribution in [0.2, 0.25) is 0 Å². The van der Waals surface area contributed by atoms with E-state index in [4.69, 9.17) is 28.6 Å².